The van der Waals surface area contributed by atoms with Crippen LogP contribution in [0.1, 0.15) is 22.3 Å². The monoisotopic (exact) mass is 276 g/mol. The minimum absolute atomic E-state index is 0.0328. The Balaban J connectivity index is 2.50. The van der Waals surface area contributed by atoms with Crippen LogP contribution in [-0.4, -0.2) is 16.9 Å². The average molecular weight is 276 g/mol. The molecule has 19 heavy (non-hydrogen) atoms. The van der Waals surface area contributed by atoms with Gasteiger partial charge in [0.25, 0.3) is 0 Å². The Morgan fingerprint density at radius 2 is 2.00 bits per heavy atom. The van der Waals surface area contributed by atoms with E-state index in [0.717, 1.165) is 0 Å². The van der Waals surface area contributed by atoms with Gasteiger partial charge in [0.2, 0.25) is 0 Å². The van der Waals surface area contributed by atoms with Gasteiger partial charge in [0.15, 0.2) is 5.78 Å². The number of carbonyl (C=O) groups excluding carboxylic acids is 2. The number of ether oxygens (including phenoxy) is 1. The molecule has 98 valence electrons. The normalized spacial score (nSPS) is 10.2. The van der Waals surface area contributed by atoms with E-state index < -0.39 is 6.09 Å². The van der Waals surface area contributed by atoms with Gasteiger partial charge in [0, 0.05) is 6.92 Å². The smallest absolute Gasteiger partial charge is 0.409 e. The highest BCUT2D eigenvalue weighted by atomic mass is 32.1. The number of thiazole rings is 1. The summed E-state index contributed by atoms with van der Waals surface area (Å²) in [6, 6.07) is 6.92. The molecule has 2 aromatic rings. The largest absolute Gasteiger partial charge is 0.410 e. The lowest BCUT2D eigenvalue weighted by molar-refractivity contribution is 0.102. The zero-order chi connectivity index (χ0) is 14.0. The Morgan fingerprint density at radius 1 is 1.32 bits per heavy atom. The molecule has 1 aromatic heterocycles. The first kappa shape index (κ1) is 13.2. The quantitative estimate of drug-likeness (QED) is 0.874. The van der Waals surface area contributed by atoms with Crippen molar-refractivity contribution in [3.8, 4) is 16.3 Å². The molecule has 0 atom stereocenters. The number of nitrogens with zero attached hydrogens (tertiary/aromatic N) is 1. The molecule has 0 aliphatic heterocycles. The van der Waals surface area contributed by atoms with E-state index in [9.17, 15) is 9.59 Å². The summed E-state index contributed by atoms with van der Waals surface area (Å²) in [6.07, 6.45) is -0.882. The zero-order valence-corrected chi connectivity index (χ0v) is 11.3. The van der Waals surface area contributed by atoms with Crippen molar-refractivity contribution in [3.05, 3.63) is 34.8 Å². The lowest BCUT2D eigenvalue weighted by Crippen LogP contribution is -2.16. The number of para-hydroxylation sites is 1. The van der Waals surface area contributed by atoms with E-state index in [1.165, 1.54) is 18.3 Å². The fourth-order valence-corrected chi connectivity index (χ4v) is 2.67. The van der Waals surface area contributed by atoms with Crippen LogP contribution in [0.15, 0.2) is 24.3 Å². The van der Waals surface area contributed by atoms with E-state index >= 15 is 0 Å². The van der Waals surface area contributed by atoms with Crippen molar-refractivity contribution in [3.63, 3.8) is 0 Å². The Kier molecular flexibility index (Phi) is 3.62. The molecular formula is C13H12N2O3S. The highest BCUT2D eigenvalue weighted by molar-refractivity contribution is 7.17. The molecule has 0 aliphatic carbocycles. The van der Waals surface area contributed by atoms with Gasteiger partial charge in [-0.2, -0.15) is 0 Å². The number of carbonyl (C=O) groups is 2. The maximum absolute atomic E-state index is 11.4. The van der Waals surface area contributed by atoms with Gasteiger partial charge in [-0.15, -0.1) is 11.3 Å². The van der Waals surface area contributed by atoms with Crippen molar-refractivity contribution in [2.45, 2.75) is 13.8 Å². The standard InChI is InChI=1S/C13H12N2O3S/c1-7-11(8(2)16)19-12(15-7)9-5-3-4-6-10(9)18-13(14)17/h3-6H,1-2H3,(H2,14,17). The molecule has 1 amide bonds. The summed E-state index contributed by atoms with van der Waals surface area (Å²) in [4.78, 5) is 27.2. The fraction of sp³-hybridized carbons (Fsp3) is 0.154. The number of hydrogen-bond donors (Lipinski definition) is 1. The van der Waals surface area contributed by atoms with Gasteiger partial charge in [0.1, 0.15) is 10.8 Å². The highest BCUT2D eigenvalue weighted by Crippen LogP contribution is 2.34. The van der Waals surface area contributed by atoms with Crippen LogP contribution >= 0.6 is 11.3 Å². The van der Waals surface area contributed by atoms with E-state index in [1.54, 1.807) is 31.2 Å². The summed E-state index contributed by atoms with van der Waals surface area (Å²) >= 11 is 1.27. The lowest BCUT2D eigenvalue weighted by atomic mass is 10.2. The second kappa shape index (κ2) is 5.19. The molecule has 2 rings (SSSR count). The Labute approximate surface area is 114 Å². The number of benzene rings is 1. The topological polar surface area (TPSA) is 82.3 Å². The van der Waals surface area contributed by atoms with Crippen molar-refractivity contribution in [1.29, 1.82) is 0 Å². The minimum Gasteiger partial charge on any atom is -0.410 e. The first-order valence-electron chi connectivity index (χ1n) is 5.54. The van der Waals surface area contributed by atoms with Crippen LogP contribution in [-0.2, 0) is 0 Å². The molecule has 0 saturated carbocycles. The highest BCUT2D eigenvalue weighted by Gasteiger charge is 2.16. The molecule has 6 heteroatoms. The van der Waals surface area contributed by atoms with Crippen LogP contribution in [0.4, 0.5) is 4.79 Å². The van der Waals surface area contributed by atoms with Crippen molar-refractivity contribution < 1.29 is 14.3 Å². The van der Waals surface area contributed by atoms with Gasteiger partial charge in [0.05, 0.1) is 16.1 Å². The second-order valence-electron chi connectivity index (χ2n) is 3.91. The lowest BCUT2D eigenvalue weighted by Gasteiger charge is -2.05. The predicted molar refractivity (Wildman–Crippen MR) is 72.5 cm³/mol. The fourth-order valence-electron chi connectivity index (χ4n) is 1.68. The number of amides is 1. The van der Waals surface area contributed by atoms with Gasteiger partial charge in [-0.1, -0.05) is 12.1 Å². The summed E-state index contributed by atoms with van der Waals surface area (Å²) in [6.45, 7) is 3.27. The van der Waals surface area contributed by atoms with Gasteiger partial charge < -0.3 is 10.5 Å². The summed E-state index contributed by atoms with van der Waals surface area (Å²) in [5.74, 6) is 0.299. The van der Waals surface area contributed by atoms with E-state index in [4.69, 9.17) is 10.5 Å². The van der Waals surface area contributed by atoms with Crippen molar-refractivity contribution in [2.24, 2.45) is 5.73 Å². The number of Topliss-reactive ketones (excluding diaryl/α,β-unsaturated/α-hetero) is 1. The molecule has 1 aromatic carbocycles. The van der Waals surface area contributed by atoms with Gasteiger partial charge >= 0.3 is 6.09 Å². The van der Waals surface area contributed by atoms with Crippen LogP contribution in [0.25, 0.3) is 10.6 Å². The van der Waals surface area contributed by atoms with E-state index in [2.05, 4.69) is 4.98 Å². The average Bonchev–Trinajstić information content (AvgIpc) is 2.71. The molecule has 0 fully saturated rings. The molecule has 0 spiro atoms. The van der Waals surface area contributed by atoms with Crippen LogP contribution in [0, 0.1) is 6.92 Å². The first-order valence-corrected chi connectivity index (χ1v) is 6.35. The predicted octanol–water partition coefficient (Wildman–Crippen LogP) is 2.78. The van der Waals surface area contributed by atoms with Crippen LogP contribution in [0.3, 0.4) is 0 Å². The van der Waals surface area contributed by atoms with Crippen LogP contribution in [0.5, 0.6) is 5.75 Å². The number of primary amides is 1. The number of hydrogen-bond acceptors (Lipinski definition) is 5. The van der Waals surface area contributed by atoms with Crippen molar-refractivity contribution >= 4 is 23.2 Å². The van der Waals surface area contributed by atoms with Crippen LogP contribution < -0.4 is 10.5 Å². The minimum atomic E-state index is -0.882. The number of aryl methyl sites for hydroxylation is 1. The molecule has 1 heterocycles. The number of ketones is 1. The Bertz CT molecular complexity index is 649. The van der Waals surface area contributed by atoms with Crippen molar-refractivity contribution in [2.75, 3.05) is 0 Å². The van der Waals surface area contributed by atoms with Gasteiger partial charge in [-0.3, -0.25) is 4.79 Å². The molecule has 0 saturated heterocycles. The molecule has 0 unspecified atom stereocenters. The summed E-state index contributed by atoms with van der Waals surface area (Å²) in [5.41, 5.74) is 6.33. The van der Waals surface area contributed by atoms with Gasteiger partial charge in [-0.25, -0.2) is 9.78 Å². The zero-order valence-electron chi connectivity index (χ0n) is 10.5. The van der Waals surface area contributed by atoms with Gasteiger partial charge in [-0.05, 0) is 19.1 Å². The molecule has 5 nitrogen and oxygen atoms in total. The third-order valence-electron chi connectivity index (χ3n) is 2.44. The first-order chi connectivity index (χ1) is 8.99. The summed E-state index contributed by atoms with van der Waals surface area (Å²) < 4.78 is 4.93. The number of rotatable bonds is 3. The SMILES string of the molecule is CC(=O)c1sc(-c2ccccc2OC(N)=O)nc1C. The van der Waals surface area contributed by atoms with E-state index in [1.807, 2.05) is 0 Å². The second-order valence-corrected chi connectivity index (χ2v) is 4.91. The third kappa shape index (κ3) is 2.79. The Morgan fingerprint density at radius 3 is 2.58 bits per heavy atom. The van der Waals surface area contributed by atoms with E-state index in [0.29, 0.717) is 26.9 Å². The van der Waals surface area contributed by atoms with Crippen LogP contribution in [0.2, 0.25) is 0 Å². The molecule has 0 radical (unpaired) electrons. The van der Waals surface area contributed by atoms with Crippen molar-refractivity contribution in [1.82, 2.24) is 4.98 Å². The maximum Gasteiger partial charge on any atom is 0.409 e. The van der Waals surface area contributed by atoms with E-state index in [-0.39, 0.29) is 5.78 Å². The Hall–Kier alpha value is -2.21. The third-order valence-corrected chi connectivity index (χ3v) is 3.74. The summed E-state index contributed by atoms with van der Waals surface area (Å²) in [7, 11) is 0. The molecule has 0 aliphatic rings. The summed E-state index contributed by atoms with van der Waals surface area (Å²) in [5, 5.41) is 0.625. The maximum atomic E-state index is 11.4. The number of nitrogens with two attached hydrogens (primary N) is 1. The molecule has 0 bridgehead atoms. The number of aromatic nitrogens is 1. The molecular weight excluding hydrogens is 264 g/mol. The molecule has 2 N–H and O–H groups in total.